The monoisotopic (exact) mass is 440 g/mol. The zero-order valence-electron chi connectivity index (χ0n) is 16.7. The summed E-state index contributed by atoms with van der Waals surface area (Å²) in [7, 11) is 0. The van der Waals surface area contributed by atoms with E-state index in [9.17, 15) is 0 Å². The van der Waals surface area contributed by atoms with Gasteiger partial charge in [-0.2, -0.15) is 0 Å². The first-order valence-electron chi connectivity index (χ1n) is 9.68. The van der Waals surface area contributed by atoms with Gasteiger partial charge >= 0.3 is 0 Å². The van der Waals surface area contributed by atoms with Crippen LogP contribution in [0.15, 0.2) is 68.8 Å². The molecule has 6 nitrogen and oxygen atoms in total. The minimum absolute atomic E-state index is 0.473. The number of benzene rings is 2. The number of hydrogen-bond acceptors (Lipinski definition) is 7. The molecule has 4 aromatic rings. The summed E-state index contributed by atoms with van der Waals surface area (Å²) in [5, 5.41) is 9.41. The molecule has 0 atom stereocenters. The fourth-order valence-corrected chi connectivity index (χ4v) is 3.87. The topological polar surface area (TPSA) is 68.2 Å². The maximum absolute atomic E-state index is 6.04. The number of anilines is 1. The molecule has 0 aliphatic carbocycles. The average Bonchev–Trinajstić information content (AvgIpc) is 3.43. The minimum Gasteiger partial charge on any atom is -0.440 e. The SMILES string of the molecule is CCN(CC)c1ccc(-c2nnc(SCc3ncc(-c4cccc(Cl)c4)o3)o2)cc1. The molecule has 2 aromatic carbocycles. The van der Waals surface area contributed by atoms with Gasteiger partial charge in [-0.25, -0.2) is 4.98 Å². The molecule has 0 spiro atoms. The van der Waals surface area contributed by atoms with Gasteiger partial charge in [-0.1, -0.05) is 35.5 Å². The van der Waals surface area contributed by atoms with E-state index in [-0.39, 0.29) is 0 Å². The van der Waals surface area contributed by atoms with Crippen LogP contribution in [0.3, 0.4) is 0 Å². The summed E-state index contributed by atoms with van der Waals surface area (Å²) < 4.78 is 11.6. The van der Waals surface area contributed by atoms with Gasteiger partial charge in [0.25, 0.3) is 5.22 Å². The quantitative estimate of drug-likeness (QED) is 0.303. The van der Waals surface area contributed by atoms with E-state index in [2.05, 4.69) is 46.1 Å². The summed E-state index contributed by atoms with van der Waals surface area (Å²) in [6.45, 7) is 6.23. The second kappa shape index (κ2) is 9.36. The lowest BCUT2D eigenvalue weighted by Gasteiger charge is -2.20. The normalized spacial score (nSPS) is 11.0. The predicted molar refractivity (Wildman–Crippen MR) is 120 cm³/mol. The van der Waals surface area contributed by atoms with Crippen molar-refractivity contribution in [3.63, 3.8) is 0 Å². The van der Waals surface area contributed by atoms with Crippen LogP contribution in [0.2, 0.25) is 5.02 Å². The van der Waals surface area contributed by atoms with Gasteiger partial charge < -0.3 is 13.7 Å². The lowest BCUT2D eigenvalue weighted by atomic mass is 10.2. The summed E-state index contributed by atoms with van der Waals surface area (Å²) >= 11 is 7.42. The second-order valence-corrected chi connectivity index (χ2v) is 7.87. The Balaban J connectivity index is 1.39. The van der Waals surface area contributed by atoms with Crippen molar-refractivity contribution in [3.05, 3.63) is 65.6 Å². The van der Waals surface area contributed by atoms with Crippen molar-refractivity contribution in [1.29, 1.82) is 0 Å². The zero-order chi connectivity index (χ0) is 20.9. The molecule has 0 fully saturated rings. The Labute approximate surface area is 184 Å². The number of thioether (sulfide) groups is 1. The van der Waals surface area contributed by atoms with E-state index in [1.165, 1.54) is 17.4 Å². The van der Waals surface area contributed by atoms with E-state index in [1.54, 1.807) is 6.20 Å². The highest BCUT2D eigenvalue weighted by molar-refractivity contribution is 7.98. The minimum atomic E-state index is 0.473. The number of oxazole rings is 1. The summed E-state index contributed by atoms with van der Waals surface area (Å²) in [4.78, 5) is 6.60. The average molecular weight is 441 g/mol. The van der Waals surface area contributed by atoms with Crippen LogP contribution in [0.1, 0.15) is 19.7 Å². The molecule has 8 heteroatoms. The lowest BCUT2D eigenvalue weighted by molar-refractivity contribution is 0.464. The van der Waals surface area contributed by atoms with Crippen LogP contribution in [0.4, 0.5) is 5.69 Å². The van der Waals surface area contributed by atoms with Gasteiger partial charge in [-0.15, -0.1) is 10.2 Å². The molecule has 0 aliphatic rings. The second-order valence-electron chi connectivity index (χ2n) is 6.51. The van der Waals surface area contributed by atoms with Crippen LogP contribution < -0.4 is 4.90 Å². The van der Waals surface area contributed by atoms with E-state index < -0.39 is 0 Å². The standard InChI is InChI=1S/C22H21ClN4O2S/c1-3-27(4-2)18-10-8-15(9-11-18)21-25-26-22(29-21)30-14-20-24-13-19(28-20)16-6-5-7-17(23)12-16/h5-13H,3-4,14H2,1-2H3. The largest absolute Gasteiger partial charge is 0.440 e. The molecular formula is C22H21ClN4O2S. The Bertz CT molecular complexity index is 1110. The molecule has 2 aromatic heterocycles. The fourth-order valence-electron chi connectivity index (χ4n) is 3.06. The smallest absolute Gasteiger partial charge is 0.277 e. The maximum atomic E-state index is 6.04. The van der Waals surface area contributed by atoms with E-state index in [1.807, 2.05) is 36.4 Å². The van der Waals surface area contributed by atoms with Gasteiger partial charge in [-0.05, 0) is 50.2 Å². The molecule has 4 rings (SSSR count). The lowest BCUT2D eigenvalue weighted by Crippen LogP contribution is -2.21. The van der Waals surface area contributed by atoms with Gasteiger partial charge in [0.1, 0.15) is 0 Å². The molecular weight excluding hydrogens is 420 g/mol. The van der Waals surface area contributed by atoms with Crippen molar-refractivity contribution in [2.75, 3.05) is 18.0 Å². The third-order valence-electron chi connectivity index (χ3n) is 4.63. The van der Waals surface area contributed by atoms with Crippen molar-refractivity contribution in [1.82, 2.24) is 15.2 Å². The first kappa shape index (κ1) is 20.5. The Morgan fingerprint density at radius 3 is 2.50 bits per heavy atom. The third kappa shape index (κ3) is 4.68. The molecule has 0 saturated heterocycles. The molecule has 2 heterocycles. The Morgan fingerprint density at radius 1 is 0.967 bits per heavy atom. The summed E-state index contributed by atoms with van der Waals surface area (Å²) in [6, 6.07) is 15.6. The van der Waals surface area contributed by atoms with Crippen LogP contribution in [0.25, 0.3) is 22.8 Å². The van der Waals surface area contributed by atoms with Crippen LogP contribution in [0.5, 0.6) is 0 Å². The third-order valence-corrected chi connectivity index (χ3v) is 5.67. The summed E-state index contributed by atoms with van der Waals surface area (Å²) in [6.07, 6.45) is 1.69. The molecule has 0 N–H and O–H groups in total. The zero-order valence-corrected chi connectivity index (χ0v) is 18.3. The van der Waals surface area contributed by atoms with Gasteiger partial charge in [0.2, 0.25) is 11.8 Å². The Morgan fingerprint density at radius 2 is 1.77 bits per heavy atom. The summed E-state index contributed by atoms with van der Waals surface area (Å²) in [5.74, 6) is 2.24. The molecule has 0 saturated carbocycles. The van der Waals surface area contributed by atoms with E-state index in [0.29, 0.717) is 33.5 Å². The first-order chi connectivity index (χ1) is 14.7. The number of rotatable bonds is 8. The maximum Gasteiger partial charge on any atom is 0.277 e. The highest BCUT2D eigenvalue weighted by Crippen LogP contribution is 2.29. The Hall–Kier alpha value is -2.77. The number of halogens is 1. The van der Waals surface area contributed by atoms with Gasteiger partial charge in [0, 0.05) is 34.9 Å². The van der Waals surface area contributed by atoms with Crippen LogP contribution in [0, 0.1) is 0 Å². The van der Waals surface area contributed by atoms with Crippen molar-refractivity contribution >= 4 is 29.1 Å². The summed E-state index contributed by atoms with van der Waals surface area (Å²) in [5.41, 5.74) is 2.96. The molecule has 0 aliphatic heterocycles. The predicted octanol–water partition coefficient (Wildman–Crippen LogP) is 6.18. The molecule has 154 valence electrons. The van der Waals surface area contributed by atoms with E-state index >= 15 is 0 Å². The highest BCUT2D eigenvalue weighted by Gasteiger charge is 2.13. The molecule has 0 bridgehead atoms. The van der Waals surface area contributed by atoms with Crippen molar-refractivity contribution < 1.29 is 8.83 Å². The van der Waals surface area contributed by atoms with Crippen LogP contribution in [-0.4, -0.2) is 28.3 Å². The molecule has 30 heavy (non-hydrogen) atoms. The number of aromatic nitrogens is 3. The van der Waals surface area contributed by atoms with Crippen LogP contribution in [-0.2, 0) is 5.75 Å². The molecule has 0 amide bonds. The van der Waals surface area contributed by atoms with Crippen molar-refractivity contribution in [3.8, 4) is 22.8 Å². The van der Waals surface area contributed by atoms with Gasteiger partial charge in [0.05, 0.1) is 11.9 Å². The Kier molecular flexibility index (Phi) is 6.40. The molecule has 0 radical (unpaired) electrons. The van der Waals surface area contributed by atoms with Gasteiger partial charge in [0.15, 0.2) is 5.76 Å². The van der Waals surface area contributed by atoms with Gasteiger partial charge in [-0.3, -0.25) is 0 Å². The van der Waals surface area contributed by atoms with Crippen molar-refractivity contribution in [2.45, 2.75) is 24.8 Å². The van der Waals surface area contributed by atoms with Crippen LogP contribution >= 0.6 is 23.4 Å². The molecule has 0 unspecified atom stereocenters. The van der Waals surface area contributed by atoms with Crippen molar-refractivity contribution in [2.24, 2.45) is 0 Å². The first-order valence-corrected chi connectivity index (χ1v) is 11.0. The fraction of sp³-hybridized carbons (Fsp3) is 0.227. The van der Waals surface area contributed by atoms with E-state index in [4.69, 9.17) is 20.4 Å². The number of nitrogens with zero attached hydrogens (tertiary/aromatic N) is 4. The highest BCUT2D eigenvalue weighted by atomic mass is 35.5. The van der Waals surface area contributed by atoms with E-state index in [0.717, 1.165) is 24.2 Å². The number of hydrogen-bond donors (Lipinski definition) is 0.